The lowest BCUT2D eigenvalue weighted by atomic mass is 10.0. The summed E-state index contributed by atoms with van der Waals surface area (Å²) in [6.07, 6.45) is 2.47. The van der Waals surface area contributed by atoms with E-state index < -0.39 is 5.97 Å². The third-order valence-electron chi connectivity index (χ3n) is 5.35. The number of H-pyrrole nitrogens is 1. The predicted octanol–water partition coefficient (Wildman–Crippen LogP) is 6.54. The quantitative estimate of drug-likeness (QED) is 0.310. The van der Waals surface area contributed by atoms with E-state index in [9.17, 15) is 9.90 Å². The molecule has 0 aliphatic heterocycles. The summed E-state index contributed by atoms with van der Waals surface area (Å²) in [5.41, 5.74) is 4.36. The Morgan fingerprint density at radius 2 is 1.97 bits per heavy atom. The van der Waals surface area contributed by atoms with Gasteiger partial charge in [-0.25, -0.2) is 9.78 Å². The predicted molar refractivity (Wildman–Crippen MR) is 132 cm³/mol. The van der Waals surface area contributed by atoms with Gasteiger partial charge < -0.3 is 9.84 Å². The number of halogens is 1. The van der Waals surface area contributed by atoms with Crippen LogP contribution < -0.4 is 9.64 Å². The fraction of sp³-hybridized carbons (Fsp3) is 0.208. The first-order valence-corrected chi connectivity index (χ1v) is 11.5. The molecule has 0 spiro atoms. The molecule has 0 fully saturated rings. The number of aromatic amines is 1. The fourth-order valence-electron chi connectivity index (χ4n) is 3.75. The van der Waals surface area contributed by atoms with Crippen molar-refractivity contribution in [1.29, 1.82) is 0 Å². The monoisotopic (exact) mass is 482 g/mol. The van der Waals surface area contributed by atoms with Crippen molar-refractivity contribution in [2.24, 2.45) is 0 Å². The SMILES string of the molecule is CCc1sc(-c2cc(C)c(N(c3ccn[nH]3)c3ccc(Cl)cc3C(=O)O)cc2C)nc1OC. The van der Waals surface area contributed by atoms with Crippen molar-refractivity contribution in [3.63, 3.8) is 0 Å². The number of anilines is 3. The molecule has 9 heteroatoms. The van der Waals surface area contributed by atoms with Gasteiger partial charge in [-0.05, 0) is 61.7 Å². The Labute approximate surface area is 200 Å². The molecule has 0 bridgehead atoms. The third-order valence-corrected chi connectivity index (χ3v) is 6.80. The molecule has 0 atom stereocenters. The Kier molecular flexibility index (Phi) is 6.40. The first kappa shape index (κ1) is 22.8. The summed E-state index contributed by atoms with van der Waals surface area (Å²) in [6, 6.07) is 10.7. The molecule has 2 aromatic heterocycles. The van der Waals surface area contributed by atoms with Gasteiger partial charge in [0.25, 0.3) is 0 Å². The smallest absolute Gasteiger partial charge is 0.337 e. The molecule has 2 aromatic carbocycles. The number of rotatable bonds is 7. The number of ether oxygens (including phenoxy) is 1. The van der Waals surface area contributed by atoms with Crippen LogP contribution in [0.3, 0.4) is 0 Å². The van der Waals surface area contributed by atoms with Gasteiger partial charge in [0.1, 0.15) is 10.8 Å². The number of thiazole rings is 1. The number of carboxylic acids is 1. The molecular weight excluding hydrogens is 460 g/mol. The normalized spacial score (nSPS) is 10.9. The minimum Gasteiger partial charge on any atom is -0.480 e. The van der Waals surface area contributed by atoms with Crippen LogP contribution in [0.2, 0.25) is 5.02 Å². The molecule has 170 valence electrons. The Balaban J connectivity index is 1.89. The highest BCUT2D eigenvalue weighted by atomic mass is 35.5. The second-order valence-electron chi connectivity index (χ2n) is 7.50. The van der Waals surface area contributed by atoms with Crippen LogP contribution in [0, 0.1) is 13.8 Å². The number of aryl methyl sites for hydroxylation is 3. The highest BCUT2D eigenvalue weighted by Crippen LogP contribution is 2.42. The highest BCUT2D eigenvalue weighted by Gasteiger charge is 2.24. The summed E-state index contributed by atoms with van der Waals surface area (Å²) < 4.78 is 5.44. The summed E-state index contributed by atoms with van der Waals surface area (Å²) >= 11 is 7.72. The number of carbonyl (C=O) groups is 1. The lowest BCUT2D eigenvalue weighted by Gasteiger charge is -2.27. The summed E-state index contributed by atoms with van der Waals surface area (Å²) in [6.45, 7) is 6.09. The average Bonchev–Trinajstić information content (AvgIpc) is 3.46. The number of aromatic nitrogens is 3. The van der Waals surface area contributed by atoms with E-state index in [0.29, 0.717) is 22.4 Å². The van der Waals surface area contributed by atoms with E-state index >= 15 is 0 Å². The molecule has 2 N–H and O–H groups in total. The molecule has 2 heterocycles. The molecule has 33 heavy (non-hydrogen) atoms. The van der Waals surface area contributed by atoms with Crippen molar-refractivity contribution in [3.8, 4) is 16.5 Å². The molecule has 0 saturated carbocycles. The van der Waals surface area contributed by atoms with E-state index in [1.807, 2.05) is 24.8 Å². The first-order valence-electron chi connectivity index (χ1n) is 10.3. The minimum atomic E-state index is -1.06. The van der Waals surface area contributed by atoms with Crippen molar-refractivity contribution < 1.29 is 14.6 Å². The van der Waals surface area contributed by atoms with Gasteiger partial charge in [0.05, 0.1) is 35.1 Å². The van der Waals surface area contributed by atoms with Crippen molar-refractivity contribution in [2.75, 3.05) is 12.0 Å². The number of methoxy groups -OCH3 is 1. The fourth-order valence-corrected chi connectivity index (χ4v) is 4.97. The van der Waals surface area contributed by atoms with E-state index in [1.54, 1.807) is 42.8 Å². The third kappa shape index (κ3) is 4.31. The van der Waals surface area contributed by atoms with Crippen molar-refractivity contribution in [3.05, 3.63) is 69.2 Å². The molecule has 7 nitrogen and oxygen atoms in total. The average molecular weight is 483 g/mol. The minimum absolute atomic E-state index is 0.0930. The van der Waals surface area contributed by atoms with Crippen LogP contribution in [-0.2, 0) is 6.42 Å². The van der Waals surface area contributed by atoms with Gasteiger partial charge in [-0.2, -0.15) is 5.10 Å². The number of hydrogen-bond donors (Lipinski definition) is 2. The van der Waals surface area contributed by atoms with Gasteiger partial charge in [0, 0.05) is 16.7 Å². The number of hydrogen-bond acceptors (Lipinski definition) is 6. The summed E-state index contributed by atoms with van der Waals surface area (Å²) in [4.78, 5) is 19.7. The van der Waals surface area contributed by atoms with Crippen LogP contribution in [0.25, 0.3) is 10.6 Å². The number of aromatic carboxylic acids is 1. The maximum Gasteiger partial charge on any atom is 0.337 e. The van der Waals surface area contributed by atoms with Crippen LogP contribution in [0.5, 0.6) is 5.88 Å². The Morgan fingerprint density at radius 3 is 2.58 bits per heavy atom. The van der Waals surface area contributed by atoms with E-state index in [2.05, 4.69) is 28.2 Å². The van der Waals surface area contributed by atoms with Crippen LogP contribution in [0.1, 0.15) is 33.3 Å². The molecule has 0 unspecified atom stereocenters. The van der Waals surface area contributed by atoms with Gasteiger partial charge in [-0.3, -0.25) is 10.00 Å². The van der Waals surface area contributed by atoms with Gasteiger partial charge in [0.2, 0.25) is 5.88 Å². The Morgan fingerprint density at radius 1 is 1.18 bits per heavy atom. The van der Waals surface area contributed by atoms with E-state index in [4.69, 9.17) is 16.3 Å². The summed E-state index contributed by atoms with van der Waals surface area (Å²) in [7, 11) is 1.63. The maximum absolute atomic E-state index is 12.0. The van der Waals surface area contributed by atoms with Gasteiger partial charge in [-0.1, -0.05) is 18.5 Å². The number of carboxylic acid groups (broad SMARTS) is 1. The molecular formula is C24H23ClN4O3S. The molecule has 4 aromatic rings. The zero-order valence-electron chi connectivity index (χ0n) is 18.6. The zero-order valence-corrected chi connectivity index (χ0v) is 20.2. The lowest BCUT2D eigenvalue weighted by Crippen LogP contribution is -2.16. The second kappa shape index (κ2) is 9.25. The van der Waals surface area contributed by atoms with Gasteiger partial charge in [-0.15, -0.1) is 11.3 Å². The van der Waals surface area contributed by atoms with E-state index in [0.717, 1.165) is 38.7 Å². The molecule has 0 aliphatic rings. The van der Waals surface area contributed by atoms with E-state index in [-0.39, 0.29) is 5.56 Å². The Hall–Kier alpha value is -3.36. The lowest BCUT2D eigenvalue weighted by molar-refractivity contribution is 0.0697. The molecule has 0 radical (unpaired) electrons. The molecule has 4 rings (SSSR count). The number of nitrogens with one attached hydrogen (secondary N) is 1. The Bertz CT molecular complexity index is 1300. The molecule has 0 amide bonds. The first-order chi connectivity index (χ1) is 15.8. The van der Waals surface area contributed by atoms with Crippen molar-refractivity contribution in [2.45, 2.75) is 27.2 Å². The van der Waals surface area contributed by atoms with E-state index in [1.165, 1.54) is 6.07 Å². The second-order valence-corrected chi connectivity index (χ2v) is 9.02. The van der Waals surface area contributed by atoms with Crippen LogP contribution in [0.15, 0.2) is 42.6 Å². The van der Waals surface area contributed by atoms with Crippen LogP contribution in [0.4, 0.5) is 17.2 Å². The summed E-state index contributed by atoms with van der Waals surface area (Å²) in [5, 5.41) is 18.1. The van der Waals surface area contributed by atoms with Gasteiger partial charge >= 0.3 is 5.97 Å². The zero-order chi connectivity index (χ0) is 23.7. The highest BCUT2D eigenvalue weighted by molar-refractivity contribution is 7.15. The van der Waals surface area contributed by atoms with Gasteiger partial charge in [0.15, 0.2) is 0 Å². The van der Waals surface area contributed by atoms with Crippen LogP contribution in [-0.4, -0.2) is 33.4 Å². The standard InChI is InChI=1S/C24H23ClN4O3S/c1-5-20-22(32-4)27-23(33-20)16-10-14(3)19(11-13(16)2)29(21-8-9-26-28-21)18-7-6-15(25)12-17(18)24(30)31/h6-12H,5H2,1-4H3,(H,26,28)(H,30,31). The van der Waals surface area contributed by atoms with Crippen molar-refractivity contribution >= 4 is 46.1 Å². The maximum atomic E-state index is 12.0. The largest absolute Gasteiger partial charge is 0.480 e. The topological polar surface area (TPSA) is 91.3 Å². The molecule has 0 aliphatic carbocycles. The number of benzene rings is 2. The van der Waals surface area contributed by atoms with Crippen molar-refractivity contribution in [1.82, 2.24) is 15.2 Å². The van der Waals surface area contributed by atoms with Crippen LogP contribution >= 0.6 is 22.9 Å². The molecule has 0 saturated heterocycles. The number of nitrogens with zero attached hydrogens (tertiary/aromatic N) is 3. The summed E-state index contributed by atoms with van der Waals surface area (Å²) in [5.74, 6) is 0.231.